The van der Waals surface area contributed by atoms with E-state index in [1.165, 1.54) is 0 Å². The van der Waals surface area contributed by atoms with Crippen molar-refractivity contribution in [1.29, 1.82) is 0 Å². The highest BCUT2D eigenvalue weighted by atomic mass is 16.6. The summed E-state index contributed by atoms with van der Waals surface area (Å²) < 4.78 is 17.0. The van der Waals surface area contributed by atoms with Crippen molar-refractivity contribution in [3.63, 3.8) is 0 Å². The maximum atomic E-state index is 14.5. The quantitative estimate of drug-likeness (QED) is 0.352. The third-order valence-electron chi connectivity index (χ3n) is 6.93. The summed E-state index contributed by atoms with van der Waals surface area (Å²) in [6, 6.07) is 3.32. The van der Waals surface area contributed by atoms with Crippen LogP contribution in [0, 0.1) is 12.8 Å². The maximum Gasteiger partial charge on any atom is 0.410 e. The van der Waals surface area contributed by atoms with Gasteiger partial charge in [0.1, 0.15) is 28.6 Å². The molecule has 0 radical (unpaired) electrons. The molecule has 0 spiro atoms. The van der Waals surface area contributed by atoms with E-state index < -0.39 is 11.7 Å². The molecule has 234 valence electrons. The minimum atomic E-state index is -0.672. The molecule has 2 unspecified atom stereocenters. The fraction of sp³-hybridized carbons (Fsp3) is 0.613. The zero-order valence-corrected chi connectivity index (χ0v) is 26.8. The zero-order valence-electron chi connectivity index (χ0n) is 26.8. The largest absolute Gasteiger partial charge is 0.467 e. The van der Waals surface area contributed by atoms with Crippen LogP contribution in [0.1, 0.15) is 101 Å². The van der Waals surface area contributed by atoms with Gasteiger partial charge in [-0.05, 0) is 45.2 Å². The summed E-state index contributed by atoms with van der Waals surface area (Å²) in [5, 5.41) is 11.6. The lowest BCUT2D eigenvalue weighted by molar-refractivity contribution is 0.00513. The predicted molar refractivity (Wildman–Crippen MR) is 161 cm³/mol. The van der Waals surface area contributed by atoms with Gasteiger partial charge in [0.2, 0.25) is 11.8 Å². The maximum absolute atomic E-state index is 14.5. The molecule has 1 aliphatic heterocycles. The number of rotatable bonds is 8. The van der Waals surface area contributed by atoms with Crippen LogP contribution in [0.5, 0.6) is 0 Å². The topological polar surface area (TPSA) is 140 Å². The van der Waals surface area contributed by atoms with E-state index in [0.717, 1.165) is 0 Å². The number of aromatic nitrogens is 4. The number of hydrogen-bond acceptors (Lipinski definition) is 10. The van der Waals surface area contributed by atoms with E-state index in [-0.39, 0.29) is 29.2 Å². The fourth-order valence-corrected chi connectivity index (χ4v) is 4.99. The summed E-state index contributed by atoms with van der Waals surface area (Å²) in [6.07, 6.45) is 3.29. The second-order valence-electron chi connectivity index (χ2n) is 13.6. The van der Waals surface area contributed by atoms with E-state index in [2.05, 4.69) is 34.3 Å². The Labute approximate surface area is 253 Å². The predicted octanol–water partition coefficient (Wildman–Crippen LogP) is 5.56. The van der Waals surface area contributed by atoms with Crippen LogP contribution in [0.4, 0.5) is 10.6 Å². The molecular formula is C31H45N7O5. The average Bonchev–Trinajstić information content (AvgIpc) is 3.60. The van der Waals surface area contributed by atoms with Crippen LogP contribution in [0.15, 0.2) is 33.4 Å². The van der Waals surface area contributed by atoms with Crippen molar-refractivity contribution in [2.75, 3.05) is 25.0 Å². The first-order valence-corrected chi connectivity index (χ1v) is 14.8. The molecule has 1 saturated heterocycles. The number of aryl methyl sites for hydroxylation is 1. The van der Waals surface area contributed by atoms with E-state index in [9.17, 15) is 9.59 Å². The minimum Gasteiger partial charge on any atom is -0.467 e. The van der Waals surface area contributed by atoms with E-state index in [4.69, 9.17) is 18.6 Å². The molecule has 0 saturated carbocycles. The second kappa shape index (κ2) is 12.7. The number of nitrogens with zero attached hydrogens (tertiary/aromatic N) is 6. The van der Waals surface area contributed by atoms with Crippen molar-refractivity contribution in [3.8, 4) is 0 Å². The van der Waals surface area contributed by atoms with Gasteiger partial charge in [0.15, 0.2) is 0 Å². The molecule has 2 amide bonds. The number of amides is 2. The van der Waals surface area contributed by atoms with Gasteiger partial charge in [-0.2, -0.15) is 0 Å². The molecule has 12 nitrogen and oxygen atoms in total. The summed E-state index contributed by atoms with van der Waals surface area (Å²) in [5.74, 6) is 2.29. The van der Waals surface area contributed by atoms with Gasteiger partial charge < -0.3 is 28.7 Å². The van der Waals surface area contributed by atoms with Crippen molar-refractivity contribution in [2.24, 2.45) is 5.92 Å². The van der Waals surface area contributed by atoms with Crippen molar-refractivity contribution in [1.82, 2.24) is 30.0 Å². The average molecular weight is 596 g/mol. The zero-order chi connectivity index (χ0) is 31.5. The number of nitrogens with one attached hydrogen (secondary N) is 1. The molecule has 3 aromatic heterocycles. The van der Waals surface area contributed by atoms with Crippen LogP contribution >= 0.6 is 0 Å². The highest BCUT2D eigenvalue weighted by Crippen LogP contribution is 2.32. The first-order chi connectivity index (χ1) is 20.1. The van der Waals surface area contributed by atoms with E-state index >= 15 is 0 Å². The Morgan fingerprint density at radius 1 is 1.16 bits per heavy atom. The molecule has 12 heteroatoms. The molecule has 0 bridgehead atoms. The molecule has 2 atom stereocenters. The molecule has 0 aromatic carbocycles. The van der Waals surface area contributed by atoms with Crippen LogP contribution in [-0.4, -0.2) is 73.2 Å². The molecule has 1 N–H and O–H groups in total. The highest BCUT2D eigenvalue weighted by Gasteiger charge is 2.40. The third kappa shape index (κ3) is 8.32. The standard InChI is InChI=1S/C31H45N7O5/c1-19(2)16-38(22-13-21(26-36-35-20(3)42-26)17-37(18-22)29(40)43-31(7,8)9)27(39)24-15-33-28(30(4,5)6)34-25(24)32-14-23-11-10-12-41-23/h10-12,15,19,21-22H,13-14,16-18H2,1-9H3,(H,32,33,34). The Hall–Kier alpha value is -3.96. The molecule has 3 aromatic rings. The third-order valence-corrected chi connectivity index (χ3v) is 6.93. The second-order valence-corrected chi connectivity index (χ2v) is 13.6. The number of carbonyl (C=O) groups is 2. The van der Waals surface area contributed by atoms with E-state index in [1.54, 1.807) is 24.3 Å². The number of hydrogen-bond donors (Lipinski definition) is 1. The Morgan fingerprint density at radius 3 is 2.49 bits per heavy atom. The number of anilines is 1. The molecule has 4 rings (SSSR count). The summed E-state index contributed by atoms with van der Waals surface area (Å²) >= 11 is 0. The molecular weight excluding hydrogens is 550 g/mol. The number of likely N-dealkylation sites (tertiary alicyclic amines) is 1. The smallest absolute Gasteiger partial charge is 0.410 e. The first kappa shape index (κ1) is 32.0. The van der Waals surface area contributed by atoms with E-state index in [1.807, 2.05) is 58.6 Å². The van der Waals surface area contributed by atoms with Gasteiger partial charge in [-0.15, -0.1) is 10.2 Å². The monoisotopic (exact) mass is 595 g/mol. The van der Waals surface area contributed by atoms with Crippen LogP contribution in [0.25, 0.3) is 0 Å². The van der Waals surface area contributed by atoms with Gasteiger partial charge in [-0.25, -0.2) is 14.8 Å². The van der Waals surface area contributed by atoms with Gasteiger partial charge in [0, 0.05) is 38.2 Å². The van der Waals surface area contributed by atoms with Crippen molar-refractivity contribution in [2.45, 2.75) is 98.3 Å². The molecule has 1 aliphatic rings. The van der Waals surface area contributed by atoms with Gasteiger partial charge in [0.05, 0.1) is 24.8 Å². The minimum absolute atomic E-state index is 0.152. The summed E-state index contributed by atoms with van der Waals surface area (Å²) in [4.78, 5) is 40.6. The lowest BCUT2D eigenvalue weighted by Crippen LogP contribution is -2.55. The van der Waals surface area contributed by atoms with Gasteiger partial charge in [0.25, 0.3) is 5.91 Å². The molecule has 43 heavy (non-hydrogen) atoms. The number of furan rings is 1. The fourth-order valence-electron chi connectivity index (χ4n) is 4.99. The van der Waals surface area contributed by atoms with Gasteiger partial charge in [-0.3, -0.25) is 4.79 Å². The van der Waals surface area contributed by atoms with Crippen LogP contribution in [0.2, 0.25) is 0 Å². The lowest BCUT2D eigenvalue weighted by Gasteiger charge is -2.42. The first-order valence-electron chi connectivity index (χ1n) is 14.8. The normalized spacial score (nSPS) is 17.7. The summed E-state index contributed by atoms with van der Waals surface area (Å²) in [6.45, 7) is 18.9. The van der Waals surface area contributed by atoms with Crippen LogP contribution < -0.4 is 5.32 Å². The van der Waals surface area contributed by atoms with Crippen LogP contribution in [-0.2, 0) is 16.7 Å². The van der Waals surface area contributed by atoms with Crippen molar-refractivity contribution < 1.29 is 23.2 Å². The van der Waals surface area contributed by atoms with Crippen molar-refractivity contribution in [3.05, 3.63) is 53.5 Å². The SMILES string of the molecule is Cc1nnc(C2CC(N(CC(C)C)C(=O)c3cnc(C(C)(C)C)nc3NCc3ccco3)CN(C(=O)OC(C)(C)C)C2)o1. The summed E-state index contributed by atoms with van der Waals surface area (Å²) in [7, 11) is 0. The Morgan fingerprint density at radius 2 is 1.91 bits per heavy atom. The van der Waals surface area contributed by atoms with Crippen LogP contribution in [0.3, 0.4) is 0 Å². The van der Waals surface area contributed by atoms with E-state index in [0.29, 0.717) is 67.3 Å². The van der Waals surface area contributed by atoms with Gasteiger partial charge >= 0.3 is 6.09 Å². The molecule has 0 aliphatic carbocycles. The Kier molecular flexibility index (Phi) is 9.46. The Balaban J connectivity index is 1.71. The van der Waals surface area contributed by atoms with Crippen molar-refractivity contribution >= 4 is 17.8 Å². The number of piperidine rings is 1. The molecule has 4 heterocycles. The Bertz CT molecular complexity index is 1390. The highest BCUT2D eigenvalue weighted by molar-refractivity contribution is 5.98. The lowest BCUT2D eigenvalue weighted by atomic mass is 9.92. The number of carbonyl (C=O) groups excluding carboxylic acids is 2. The molecule has 1 fully saturated rings. The van der Waals surface area contributed by atoms with Gasteiger partial charge in [-0.1, -0.05) is 34.6 Å². The summed E-state index contributed by atoms with van der Waals surface area (Å²) in [5.41, 5.74) is -0.651. The number of ether oxygens (including phenoxy) is 1.